The third-order valence-corrected chi connectivity index (χ3v) is 7.63. The predicted octanol–water partition coefficient (Wildman–Crippen LogP) is 7.37. The van der Waals surface area contributed by atoms with Gasteiger partial charge in [0.25, 0.3) is 0 Å². The van der Waals surface area contributed by atoms with Gasteiger partial charge in [-0.15, -0.1) is 0 Å². The van der Waals surface area contributed by atoms with E-state index in [9.17, 15) is 0 Å². The average molecular weight is 433 g/mol. The number of anilines is 1. The lowest BCUT2D eigenvalue weighted by Crippen LogP contribution is -2.27. The van der Waals surface area contributed by atoms with Crippen LogP contribution in [0.2, 0.25) is 0 Å². The van der Waals surface area contributed by atoms with Gasteiger partial charge in [-0.2, -0.15) is 0 Å². The topological polar surface area (TPSA) is 15.6 Å². The number of rotatable bonds is 4. The number of aryl methyl sites for hydroxylation is 1. The van der Waals surface area contributed by atoms with E-state index in [1.165, 1.54) is 33.4 Å². The highest BCUT2D eigenvalue weighted by molar-refractivity contribution is 7.66. The molecule has 0 aliphatic carbocycles. The second-order valence-electron chi connectivity index (χ2n) is 7.93. The minimum absolute atomic E-state index is 1.01. The Morgan fingerprint density at radius 3 is 1.72 bits per heavy atom. The maximum atomic E-state index is 5.41. The molecule has 1 aliphatic heterocycles. The number of hydrogen-bond donors (Lipinski definition) is 0. The van der Waals surface area contributed by atoms with E-state index in [-0.39, 0.29) is 0 Å². The van der Waals surface area contributed by atoms with Crippen LogP contribution in [-0.2, 0) is 0 Å². The highest BCUT2D eigenvalue weighted by Gasteiger charge is 2.32. The summed E-state index contributed by atoms with van der Waals surface area (Å²) in [5.41, 5.74) is 8.27. The summed E-state index contributed by atoms with van der Waals surface area (Å²) < 4.78 is 7.85. The van der Waals surface area contributed by atoms with Crippen LogP contribution in [0.25, 0.3) is 5.70 Å². The largest absolute Gasteiger partial charge is 0.297 e. The van der Waals surface area contributed by atoms with Gasteiger partial charge in [0.2, 0.25) is 0 Å². The van der Waals surface area contributed by atoms with Gasteiger partial charge in [-0.1, -0.05) is 109 Å². The van der Waals surface area contributed by atoms with Crippen LogP contribution in [0, 0.1) is 6.92 Å². The lowest BCUT2D eigenvalue weighted by Gasteiger charge is -2.38. The van der Waals surface area contributed by atoms with Gasteiger partial charge in [0, 0.05) is 16.6 Å². The molecule has 0 bridgehead atoms. The van der Waals surface area contributed by atoms with Gasteiger partial charge < -0.3 is 0 Å². The Morgan fingerprint density at radius 2 is 1.12 bits per heavy atom. The lowest BCUT2D eigenvalue weighted by molar-refractivity contribution is 1.33. The molecular weight excluding hydrogens is 407 g/mol. The molecule has 0 spiro atoms. The van der Waals surface area contributed by atoms with Gasteiger partial charge in [0.1, 0.15) is 0 Å². The zero-order valence-corrected chi connectivity index (χ0v) is 19.2. The number of allylic oxidation sites excluding steroid dienone is 1. The SMILES string of the molecule is CC1=C(c2ccccc2)N(c2ccc(C)cc2)P(c2ccccc2)N=C1c1ccccc1. The third kappa shape index (κ3) is 3.90. The van der Waals surface area contributed by atoms with E-state index in [2.05, 4.69) is 134 Å². The van der Waals surface area contributed by atoms with Crippen molar-refractivity contribution in [2.24, 2.45) is 4.76 Å². The first-order chi connectivity index (χ1) is 15.7. The fourth-order valence-electron chi connectivity index (χ4n) is 4.04. The van der Waals surface area contributed by atoms with Crippen molar-refractivity contribution in [3.05, 3.63) is 138 Å². The smallest absolute Gasteiger partial charge is 0.154 e. The highest BCUT2D eigenvalue weighted by Crippen LogP contribution is 2.53. The van der Waals surface area contributed by atoms with Crippen LogP contribution in [0.4, 0.5) is 5.69 Å². The van der Waals surface area contributed by atoms with Gasteiger partial charge in [0.05, 0.1) is 11.4 Å². The first-order valence-electron chi connectivity index (χ1n) is 10.8. The Morgan fingerprint density at radius 1 is 0.594 bits per heavy atom. The average Bonchev–Trinajstić information content (AvgIpc) is 2.86. The normalized spacial score (nSPS) is 16.1. The molecule has 1 aliphatic rings. The maximum absolute atomic E-state index is 5.41. The Labute approximate surface area is 191 Å². The molecule has 156 valence electrons. The zero-order valence-electron chi connectivity index (χ0n) is 18.3. The van der Waals surface area contributed by atoms with Gasteiger partial charge in [0.15, 0.2) is 8.22 Å². The highest BCUT2D eigenvalue weighted by atomic mass is 31.1. The number of nitrogens with zero attached hydrogens (tertiary/aromatic N) is 2. The van der Waals surface area contributed by atoms with Gasteiger partial charge >= 0.3 is 0 Å². The molecule has 0 aromatic heterocycles. The fourth-order valence-corrected chi connectivity index (χ4v) is 6.18. The van der Waals surface area contributed by atoms with Crippen LogP contribution >= 0.6 is 8.22 Å². The van der Waals surface area contributed by atoms with E-state index in [0.29, 0.717) is 0 Å². The Bertz CT molecular complexity index is 1260. The number of benzene rings is 4. The molecule has 32 heavy (non-hydrogen) atoms. The van der Waals surface area contributed by atoms with Crippen molar-refractivity contribution in [2.75, 3.05) is 4.67 Å². The third-order valence-electron chi connectivity index (χ3n) is 5.67. The summed E-state index contributed by atoms with van der Waals surface area (Å²) in [6, 6.07) is 40.7. The summed E-state index contributed by atoms with van der Waals surface area (Å²) in [6.07, 6.45) is 0. The van der Waals surface area contributed by atoms with Crippen LogP contribution in [0.3, 0.4) is 0 Å². The molecule has 4 aromatic carbocycles. The molecule has 4 aromatic rings. The van der Waals surface area contributed by atoms with Crippen LogP contribution in [0.15, 0.2) is 126 Å². The standard InChI is InChI=1S/C29H25N2P/c1-22-18-20-26(21-19-22)31-29(25-14-8-4-9-15-25)23(2)28(24-12-6-3-7-13-24)30-32(31)27-16-10-5-11-17-27/h3-21H,1-2H3. The summed E-state index contributed by atoms with van der Waals surface area (Å²) in [5, 5.41) is 1.23. The first kappa shape index (κ1) is 20.4. The summed E-state index contributed by atoms with van der Waals surface area (Å²) in [4.78, 5) is 0. The van der Waals surface area contributed by atoms with E-state index in [0.717, 1.165) is 11.3 Å². The van der Waals surface area contributed by atoms with E-state index in [1.54, 1.807) is 0 Å². The second-order valence-corrected chi connectivity index (χ2v) is 9.62. The van der Waals surface area contributed by atoms with E-state index in [4.69, 9.17) is 4.76 Å². The molecule has 0 amide bonds. The molecule has 5 rings (SSSR count). The molecule has 1 unspecified atom stereocenters. The van der Waals surface area contributed by atoms with E-state index >= 15 is 0 Å². The van der Waals surface area contributed by atoms with Crippen LogP contribution in [0.5, 0.6) is 0 Å². The number of hydrogen-bond acceptors (Lipinski definition) is 2. The molecule has 2 nitrogen and oxygen atoms in total. The van der Waals surface area contributed by atoms with Crippen molar-refractivity contribution >= 4 is 30.6 Å². The van der Waals surface area contributed by atoms with Crippen molar-refractivity contribution in [3.63, 3.8) is 0 Å². The van der Waals surface area contributed by atoms with Crippen LogP contribution in [0.1, 0.15) is 23.6 Å². The maximum Gasteiger partial charge on any atom is 0.154 e. The molecule has 0 N–H and O–H groups in total. The molecule has 1 atom stereocenters. The summed E-state index contributed by atoms with van der Waals surface area (Å²) in [7, 11) is -1.01. The summed E-state index contributed by atoms with van der Waals surface area (Å²) >= 11 is 0. The van der Waals surface area contributed by atoms with Crippen LogP contribution < -0.4 is 9.97 Å². The minimum Gasteiger partial charge on any atom is -0.297 e. The summed E-state index contributed by atoms with van der Waals surface area (Å²) in [5.74, 6) is 0. The summed E-state index contributed by atoms with van der Waals surface area (Å²) in [6.45, 7) is 4.33. The van der Waals surface area contributed by atoms with Crippen molar-refractivity contribution in [1.29, 1.82) is 0 Å². The van der Waals surface area contributed by atoms with Crippen molar-refractivity contribution in [3.8, 4) is 0 Å². The molecule has 3 heteroatoms. The fraction of sp³-hybridized carbons (Fsp3) is 0.0690. The first-order valence-corrected chi connectivity index (χ1v) is 12.1. The molecule has 0 fully saturated rings. The predicted molar refractivity (Wildman–Crippen MR) is 139 cm³/mol. The van der Waals surface area contributed by atoms with E-state index < -0.39 is 8.22 Å². The van der Waals surface area contributed by atoms with Crippen molar-refractivity contribution in [1.82, 2.24) is 0 Å². The molecule has 1 heterocycles. The van der Waals surface area contributed by atoms with Gasteiger partial charge in [-0.3, -0.25) is 4.67 Å². The van der Waals surface area contributed by atoms with Crippen molar-refractivity contribution in [2.45, 2.75) is 13.8 Å². The molecule has 0 saturated heterocycles. The molecular formula is C29H25N2P. The monoisotopic (exact) mass is 432 g/mol. The quantitative estimate of drug-likeness (QED) is 0.307. The Balaban J connectivity index is 1.79. The second kappa shape index (κ2) is 8.94. The van der Waals surface area contributed by atoms with Gasteiger partial charge in [-0.05, 0) is 37.1 Å². The lowest BCUT2D eigenvalue weighted by atomic mass is 9.98. The molecule has 0 radical (unpaired) electrons. The van der Waals surface area contributed by atoms with Crippen molar-refractivity contribution < 1.29 is 0 Å². The van der Waals surface area contributed by atoms with Crippen LogP contribution in [-0.4, -0.2) is 5.71 Å². The Kier molecular flexibility index (Phi) is 5.71. The minimum atomic E-state index is -1.01. The Hall–Kier alpha value is -3.48. The molecule has 0 saturated carbocycles. The van der Waals surface area contributed by atoms with Gasteiger partial charge in [-0.25, -0.2) is 4.76 Å². The zero-order chi connectivity index (χ0) is 21.9. The van der Waals surface area contributed by atoms with E-state index in [1.807, 2.05) is 0 Å².